The van der Waals surface area contributed by atoms with Crippen LogP contribution < -0.4 is 11.3 Å². The van der Waals surface area contributed by atoms with Crippen LogP contribution in [-0.2, 0) is 4.74 Å². The van der Waals surface area contributed by atoms with Gasteiger partial charge in [-0.2, -0.15) is 13.2 Å². The molecular weight excluding hydrogens is 288 g/mol. The second-order valence-electron chi connectivity index (χ2n) is 3.84. The maximum atomic E-state index is 13.1. The van der Waals surface area contributed by atoms with Gasteiger partial charge in [0.1, 0.15) is 12.4 Å². The predicted molar refractivity (Wildman–Crippen MR) is 63.0 cm³/mol. The number of hydrogen-bond acceptors (Lipinski definition) is 3. The summed E-state index contributed by atoms with van der Waals surface area (Å²) in [5, 5.41) is 0.278. The molecule has 0 radical (unpaired) electrons. The zero-order valence-corrected chi connectivity index (χ0v) is 10.6. The van der Waals surface area contributed by atoms with Crippen LogP contribution in [0.4, 0.5) is 17.6 Å². The van der Waals surface area contributed by atoms with Crippen molar-refractivity contribution in [3.05, 3.63) is 34.6 Å². The van der Waals surface area contributed by atoms with Crippen LogP contribution in [0.3, 0.4) is 0 Å². The molecule has 0 heterocycles. The van der Waals surface area contributed by atoms with Crippen molar-refractivity contribution >= 4 is 11.6 Å². The molecule has 0 spiro atoms. The third-order valence-corrected chi connectivity index (χ3v) is 2.70. The second kappa shape index (κ2) is 7.04. The van der Waals surface area contributed by atoms with E-state index in [9.17, 15) is 17.6 Å². The van der Waals surface area contributed by atoms with Crippen molar-refractivity contribution in [3.8, 4) is 0 Å². The van der Waals surface area contributed by atoms with Crippen LogP contribution in [0.25, 0.3) is 0 Å². The summed E-state index contributed by atoms with van der Waals surface area (Å²) in [6.07, 6.45) is -4.24. The lowest BCUT2D eigenvalue weighted by atomic mass is 10.0. The molecule has 0 aliphatic carbocycles. The molecule has 1 unspecified atom stereocenters. The third-order valence-electron chi connectivity index (χ3n) is 2.35. The molecule has 0 bridgehead atoms. The number of hydrogen-bond donors (Lipinski definition) is 2. The van der Waals surface area contributed by atoms with E-state index in [0.29, 0.717) is 5.56 Å². The summed E-state index contributed by atoms with van der Waals surface area (Å²) in [4.78, 5) is 0. The second-order valence-corrected chi connectivity index (χ2v) is 4.25. The molecule has 1 aromatic rings. The van der Waals surface area contributed by atoms with Crippen LogP contribution in [0.15, 0.2) is 18.2 Å². The van der Waals surface area contributed by atoms with Gasteiger partial charge in [0.2, 0.25) is 0 Å². The van der Waals surface area contributed by atoms with Crippen LogP contribution in [-0.4, -0.2) is 19.4 Å². The van der Waals surface area contributed by atoms with Crippen LogP contribution in [0.2, 0.25) is 5.02 Å². The highest BCUT2D eigenvalue weighted by atomic mass is 35.5. The first-order valence-electron chi connectivity index (χ1n) is 5.39. The molecule has 19 heavy (non-hydrogen) atoms. The Morgan fingerprint density at radius 2 is 2.05 bits per heavy atom. The summed E-state index contributed by atoms with van der Waals surface area (Å²) >= 11 is 5.87. The fourth-order valence-electron chi connectivity index (χ4n) is 1.50. The van der Waals surface area contributed by atoms with Gasteiger partial charge < -0.3 is 4.74 Å². The standard InChI is InChI=1S/C11H13ClF4N2O/c12-9-2-1-7(13)5-8(9)10(18-17)3-4-19-6-11(14,15)16/h1-2,5,10,18H,3-4,6,17H2. The molecule has 0 aromatic heterocycles. The number of halogens is 5. The van der Waals surface area contributed by atoms with Crippen LogP contribution >= 0.6 is 11.6 Å². The Kier molecular flexibility index (Phi) is 5.99. The lowest BCUT2D eigenvalue weighted by Crippen LogP contribution is -2.29. The smallest absolute Gasteiger partial charge is 0.372 e. The van der Waals surface area contributed by atoms with Crippen molar-refractivity contribution in [3.63, 3.8) is 0 Å². The minimum absolute atomic E-state index is 0.135. The Balaban J connectivity index is 2.56. The van der Waals surface area contributed by atoms with Crippen LogP contribution in [0.1, 0.15) is 18.0 Å². The summed E-state index contributed by atoms with van der Waals surface area (Å²) in [6.45, 7) is -1.51. The molecule has 0 saturated carbocycles. The largest absolute Gasteiger partial charge is 0.411 e. The fraction of sp³-hybridized carbons (Fsp3) is 0.455. The Morgan fingerprint density at radius 3 is 2.63 bits per heavy atom. The topological polar surface area (TPSA) is 47.3 Å². The van der Waals surface area contributed by atoms with E-state index in [0.717, 1.165) is 0 Å². The first-order valence-corrected chi connectivity index (χ1v) is 5.77. The molecule has 0 aliphatic rings. The fourth-order valence-corrected chi connectivity index (χ4v) is 1.75. The van der Waals surface area contributed by atoms with Crippen molar-refractivity contribution in [2.75, 3.05) is 13.2 Å². The number of nitrogens with two attached hydrogens (primary N) is 1. The molecule has 0 fully saturated rings. The molecule has 8 heteroatoms. The summed E-state index contributed by atoms with van der Waals surface area (Å²) < 4.78 is 53.1. The van der Waals surface area contributed by atoms with E-state index in [4.69, 9.17) is 17.4 Å². The molecule has 0 aliphatic heterocycles. The summed E-state index contributed by atoms with van der Waals surface area (Å²) in [5.41, 5.74) is 2.75. The van der Waals surface area contributed by atoms with Crippen molar-refractivity contribution < 1.29 is 22.3 Å². The molecule has 3 N–H and O–H groups in total. The maximum absolute atomic E-state index is 13.1. The minimum atomic E-state index is -4.37. The first kappa shape index (κ1) is 16.2. The normalized spacial score (nSPS) is 13.6. The number of ether oxygens (including phenoxy) is 1. The molecule has 1 rings (SSSR count). The van der Waals surface area contributed by atoms with Gasteiger partial charge in [0.25, 0.3) is 0 Å². The maximum Gasteiger partial charge on any atom is 0.411 e. The van der Waals surface area contributed by atoms with Crippen LogP contribution in [0.5, 0.6) is 0 Å². The highest BCUT2D eigenvalue weighted by molar-refractivity contribution is 6.31. The molecule has 1 atom stereocenters. The van der Waals surface area contributed by atoms with Crippen molar-refractivity contribution in [2.24, 2.45) is 5.84 Å². The predicted octanol–water partition coefficient (Wildman–Crippen LogP) is 2.95. The summed E-state index contributed by atoms with van der Waals surface area (Å²) in [6, 6.07) is 3.12. The molecule has 0 saturated heterocycles. The summed E-state index contributed by atoms with van der Waals surface area (Å²) in [7, 11) is 0. The number of nitrogens with one attached hydrogen (secondary N) is 1. The van der Waals surface area contributed by atoms with E-state index >= 15 is 0 Å². The quantitative estimate of drug-likeness (QED) is 0.367. The van der Waals surface area contributed by atoms with Gasteiger partial charge in [-0.05, 0) is 30.2 Å². The molecule has 3 nitrogen and oxygen atoms in total. The average Bonchev–Trinajstić information content (AvgIpc) is 2.32. The average molecular weight is 301 g/mol. The Morgan fingerprint density at radius 1 is 1.37 bits per heavy atom. The SMILES string of the molecule is NNC(CCOCC(F)(F)F)c1cc(F)ccc1Cl. The zero-order chi connectivity index (χ0) is 14.5. The first-order chi connectivity index (χ1) is 8.83. The lowest BCUT2D eigenvalue weighted by Gasteiger charge is -2.18. The van der Waals surface area contributed by atoms with E-state index in [1.165, 1.54) is 18.2 Å². The van der Waals surface area contributed by atoms with Crippen molar-refractivity contribution in [2.45, 2.75) is 18.6 Å². The van der Waals surface area contributed by atoms with E-state index in [2.05, 4.69) is 10.2 Å². The Bertz CT molecular complexity index is 414. The van der Waals surface area contributed by atoms with E-state index in [1.54, 1.807) is 0 Å². The van der Waals surface area contributed by atoms with Crippen molar-refractivity contribution in [1.29, 1.82) is 0 Å². The lowest BCUT2D eigenvalue weighted by molar-refractivity contribution is -0.174. The Labute approximate surface area is 112 Å². The number of benzene rings is 1. The number of rotatable bonds is 6. The van der Waals surface area contributed by atoms with E-state index < -0.39 is 24.6 Å². The van der Waals surface area contributed by atoms with Crippen molar-refractivity contribution in [1.82, 2.24) is 5.43 Å². The minimum Gasteiger partial charge on any atom is -0.372 e. The van der Waals surface area contributed by atoms with Gasteiger partial charge in [0.05, 0.1) is 0 Å². The van der Waals surface area contributed by atoms with E-state index in [1.807, 2.05) is 0 Å². The Hall–Kier alpha value is -0.890. The van der Waals surface area contributed by atoms with Gasteiger partial charge in [0, 0.05) is 17.7 Å². The van der Waals surface area contributed by atoms with Gasteiger partial charge in [-0.3, -0.25) is 11.3 Å². The van der Waals surface area contributed by atoms with Crippen LogP contribution in [0, 0.1) is 5.82 Å². The van der Waals surface area contributed by atoms with Gasteiger partial charge >= 0.3 is 6.18 Å². The third kappa shape index (κ3) is 5.73. The van der Waals surface area contributed by atoms with E-state index in [-0.39, 0.29) is 18.1 Å². The zero-order valence-electron chi connectivity index (χ0n) is 9.81. The number of hydrazine groups is 1. The molecule has 108 valence electrons. The molecular formula is C11H13ClF4N2O. The highest BCUT2D eigenvalue weighted by Gasteiger charge is 2.27. The van der Waals surface area contributed by atoms with Gasteiger partial charge in [-0.25, -0.2) is 4.39 Å². The summed E-state index contributed by atoms with van der Waals surface area (Å²) in [5.74, 6) is 4.78. The highest BCUT2D eigenvalue weighted by Crippen LogP contribution is 2.26. The van der Waals surface area contributed by atoms with Gasteiger partial charge in [-0.1, -0.05) is 11.6 Å². The van der Waals surface area contributed by atoms with Gasteiger partial charge in [0.15, 0.2) is 0 Å². The number of alkyl halides is 3. The molecule has 0 amide bonds. The monoisotopic (exact) mass is 300 g/mol. The molecule has 1 aromatic carbocycles. The van der Waals surface area contributed by atoms with Gasteiger partial charge in [-0.15, -0.1) is 0 Å².